The van der Waals surface area contributed by atoms with Crippen LogP contribution in [0.15, 0.2) is 30.3 Å². The average molecular weight is 178 g/mol. The van der Waals surface area contributed by atoms with Crippen molar-refractivity contribution in [3.8, 4) is 0 Å². The highest BCUT2D eigenvalue weighted by molar-refractivity contribution is 5.76. The zero-order chi connectivity index (χ0) is 9.10. The van der Waals surface area contributed by atoms with Gasteiger partial charge in [0.25, 0.3) is 0 Å². The van der Waals surface area contributed by atoms with E-state index in [4.69, 9.17) is 4.74 Å². The number of rotatable bonds is 2. The topological polar surface area (TPSA) is 35.5 Å². The molecule has 2 rings (SSSR count). The summed E-state index contributed by atoms with van der Waals surface area (Å²) in [7, 11) is 0. The predicted octanol–water partition coefficient (Wildman–Crippen LogP) is 1.13. The van der Waals surface area contributed by atoms with Crippen molar-refractivity contribution >= 4 is 5.97 Å². The molecule has 0 aromatic heterocycles. The first-order chi connectivity index (χ1) is 6.36. The highest BCUT2D eigenvalue weighted by Crippen LogP contribution is 2.11. The second-order valence-corrected chi connectivity index (χ2v) is 2.93. The molecule has 0 amide bonds. The zero-order valence-corrected chi connectivity index (χ0v) is 7.10. The third kappa shape index (κ3) is 1.87. The molecule has 3 heteroatoms. The van der Waals surface area contributed by atoms with E-state index < -0.39 is 6.10 Å². The van der Waals surface area contributed by atoms with Crippen molar-refractivity contribution in [3.05, 3.63) is 35.9 Å². The lowest BCUT2D eigenvalue weighted by Gasteiger charge is -2.03. The monoisotopic (exact) mass is 178 g/mol. The molecule has 0 N–H and O–H groups in total. The lowest BCUT2D eigenvalue weighted by atomic mass is 10.1. The van der Waals surface area contributed by atoms with E-state index in [-0.39, 0.29) is 12.8 Å². The molecule has 0 saturated carbocycles. The van der Waals surface area contributed by atoms with Crippen LogP contribution in [0.3, 0.4) is 0 Å². The van der Waals surface area contributed by atoms with E-state index in [0.717, 1.165) is 5.56 Å². The summed E-state index contributed by atoms with van der Waals surface area (Å²) in [4.78, 5) is 11.0. The van der Waals surface area contributed by atoms with Crippen LogP contribution in [0.5, 0.6) is 0 Å². The Morgan fingerprint density at radius 3 is 2.69 bits per heavy atom. The molecule has 0 bridgehead atoms. The Morgan fingerprint density at radius 1 is 1.31 bits per heavy atom. The maximum absolute atomic E-state index is 11.0. The van der Waals surface area contributed by atoms with Gasteiger partial charge in [-0.25, -0.2) is 4.79 Å². The van der Waals surface area contributed by atoms with Gasteiger partial charge in [0.2, 0.25) is 0 Å². The van der Waals surface area contributed by atoms with E-state index in [1.165, 1.54) is 0 Å². The van der Waals surface area contributed by atoms with Crippen LogP contribution in [0, 0.1) is 0 Å². The Morgan fingerprint density at radius 2 is 2.08 bits per heavy atom. The molecule has 0 unspecified atom stereocenters. The molecule has 1 saturated heterocycles. The van der Waals surface area contributed by atoms with E-state index in [1.807, 2.05) is 30.3 Å². The highest BCUT2D eigenvalue weighted by atomic mass is 16.7. The molecule has 1 aliphatic rings. The van der Waals surface area contributed by atoms with Gasteiger partial charge in [0.1, 0.15) is 0 Å². The molecular weight excluding hydrogens is 168 g/mol. The summed E-state index contributed by atoms with van der Waals surface area (Å²) in [5, 5.41) is 0. The van der Waals surface area contributed by atoms with E-state index in [9.17, 15) is 4.79 Å². The Kier molecular flexibility index (Phi) is 2.27. The van der Waals surface area contributed by atoms with Crippen molar-refractivity contribution in [2.24, 2.45) is 0 Å². The first kappa shape index (κ1) is 8.26. The smallest absolute Gasteiger partial charge is 0.337 e. The minimum atomic E-state index is -0.414. The fourth-order valence-corrected chi connectivity index (χ4v) is 1.31. The molecule has 1 fully saturated rings. The zero-order valence-electron chi connectivity index (χ0n) is 7.10. The van der Waals surface area contributed by atoms with Gasteiger partial charge in [-0.15, -0.1) is 0 Å². The maximum atomic E-state index is 11.0. The summed E-state index contributed by atoms with van der Waals surface area (Å²) in [6, 6.07) is 9.76. The van der Waals surface area contributed by atoms with E-state index in [2.05, 4.69) is 4.74 Å². The second-order valence-electron chi connectivity index (χ2n) is 2.93. The van der Waals surface area contributed by atoms with Gasteiger partial charge < -0.3 is 9.47 Å². The average Bonchev–Trinajstić information content (AvgIpc) is 2.54. The van der Waals surface area contributed by atoms with Crippen LogP contribution in [0.1, 0.15) is 5.56 Å². The van der Waals surface area contributed by atoms with Crippen LogP contribution in [0.2, 0.25) is 0 Å². The number of carbonyl (C=O) groups is 1. The van der Waals surface area contributed by atoms with Crippen LogP contribution in [0.4, 0.5) is 0 Å². The van der Waals surface area contributed by atoms with Crippen molar-refractivity contribution in [1.82, 2.24) is 0 Å². The number of esters is 1. The fourth-order valence-electron chi connectivity index (χ4n) is 1.31. The second kappa shape index (κ2) is 3.58. The van der Waals surface area contributed by atoms with Crippen molar-refractivity contribution in [1.29, 1.82) is 0 Å². The minimum absolute atomic E-state index is 0.0936. The molecule has 13 heavy (non-hydrogen) atoms. The maximum Gasteiger partial charge on any atom is 0.337 e. The van der Waals surface area contributed by atoms with Crippen LogP contribution < -0.4 is 0 Å². The number of benzene rings is 1. The number of carbonyl (C=O) groups excluding carboxylic acids is 1. The lowest BCUT2D eigenvalue weighted by molar-refractivity contribution is -0.139. The number of hydrogen-bond donors (Lipinski definition) is 0. The molecule has 3 nitrogen and oxygen atoms in total. The van der Waals surface area contributed by atoms with Crippen molar-refractivity contribution in [3.63, 3.8) is 0 Å². The minimum Gasteiger partial charge on any atom is -0.437 e. The Hall–Kier alpha value is -1.35. The molecule has 1 atom stereocenters. The normalized spacial score (nSPS) is 21.5. The van der Waals surface area contributed by atoms with Gasteiger partial charge in [0.05, 0.1) is 0 Å². The summed E-state index contributed by atoms with van der Waals surface area (Å²) in [5.74, 6) is -0.260. The van der Waals surface area contributed by atoms with Gasteiger partial charge in [-0.2, -0.15) is 0 Å². The predicted molar refractivity (Wildman–Crippen MR) is 46.0 cm³/mol. The molecular formula is C10H10O3. The van der Waals surface area contributed by atoms with Crippen molar-refractivity contribution < 1.29 is 14.3 Å². The summed E-state index contributed by atoms with van der Waals surface area (Å²) in [5.41, 5.74) is 1.09. The molecule has 68 valence electrons. The fraction of sp³-hybridized carbons (Fsp3) is 0.300. The Labute approximate surface area is 76.3 Å². The van der Waals surface area contributed by atoms with Crippen LogP contribution >= 0.6 is 0 Å². The number of hydrogen-bond acceptors (Lipinski definition) is 3. The summed E-state index contributed by atoms with van der Waals surface area (Å²) in [6.45, 7) is 0.0936. The van der Waals surface area contributed by atoms with Crippen molar-refractivity contribution in [2.75, 3.05) is 6.79 Å². The van der Waals surface area contributed by atoms with Gasteiger partial charge >= 0.3 is 5.97 Å². The summed E-state index contributed by atoms with van der Waals surface area (Å²) >= 11 is 0. The molecule has 1 aromatic carbocycles. The van der Waals surface area contributed by atoms with Gasteiger partial charge in [0.15, 0.2) is 12.9 Å². The number of cyclic esters (lactones) is 1. The molecule has 0 radical (unpaired) electrons. The number of ether oxygens (including phenoxy) is 2. The van der Waals surface area contributed by atoms with Crippen LogP contribution in [-0.2, 0) is 20.7 Å². The molecule has 1 aliphatic heterocycles. The molecule has 1 heterocycles. The lowest BCUT2D eigenvalue weighted by Crippen LogP contribution is -2.18. The van der Waals surface area contributed by atoms with Crippen molar-refractivity contribution in [2.45, 2.75) is 12.5 Å². The van der Waals surface area contributed by atoms with E-state index >= 15 is 0 Å². The Balaban J connectivity index is 2.02. The van der Waals surface area contributed by atoms with E-state index in [1.54, 1.807) is 0 Å². The standard InChI is InChI=1S/C10H10O3/c11-10-9(12-7-13-10)6-8-4-2-1-3-5-8/h1-5,9H,6-7H2/t9-/m0/s1. The third-order valence-electron chi connectivity index (χ3n) is 2.00. The molecule has 0 spiro atoms. The summed E-state index contributed by atoms with van der Waals surface area (Å²) in [6.07, 6.45) is 0.182. The summed E-state index contributed by atoms with van der Waals surface area (Å²) < 4.78 is 9.77. The Bertz CT molecular complexity index is 294. The first-order valence-electron chi connectivity index (χ1n) is 4.18. The first-order valence-corrected chi connectivity index (χ1v) is 4.18. The van der Waals surface area contributed by atoms with E-state index in [0.29, 0.717) is 6.42 Å². The third-order valence-corrected chi connectivity index (χ3v) is 2.00. The van der Waals surface area contributed by atoms with Crippen LogP contribution in [-0.4, -0.2) is 18.9 Å². The van der Waals surface area contributed by atoms with Crippen LogP contribution in [0.25, 0.3) is 0 Å². The van der Waals surface area contributed by atoms with Gasteiger partial charge in [-0.1, -0.05) is 30.3 Å². The molecule has 1 aromatic rings. The molecule has 0 aliphatic carbocycles. The SMILES string of the molecule is O=C1OCO[C@H]1Cc1ccccc1. The highest BCUT2D eigenvalue weighted by Gasteiger charge is 2.27. The van der Waals surface area contributed by atoms with Gasteiger partial charge in [-0.3, -0.25) is 0 Å². The quantitative estimate of drug-likeness (QED) is 0.637. The largest absolute Gasteiger partial charge is 0.437 e. The van der Waals surface area contributed by atoms with Gasteiger partial charge in [-0.05, 0) is 5.56 Å². The van der Waals surface area contributed by atoms with Gasteiger partial charge in [0, 0.05) is 6.42 Å².